The second-order valence-corrected chi connectivity index (χ2v) is 6.24. The van der Waals surface area contributed by atoms with Gasteiger partial charge in [-0.25, -0.2) is 4.68 Å². The lowest BCUT2D eigenvalue weighted by Gasteiger charge is -2.38. The van der Waals surface area contributed by atoms with Crippen molar-refractivity contribution >= 4 is 5.91 Å². The summed E-state index contributed by atoms with van der Waals surface area (Å²) >= 11 is 0. The Balaban J connectivity index is 1.68. The number of ether oxygens (including phenoxy) is 1. The number of morpholine rings is 1. The van der Waals surface area contributed by atoms with Crippen LogP contribution in [0.2, 0.25) is 0 Å². The Morgan fingerprint density at radius 3 is 2.62 bits per heavy atom. The van der Waals surface area contributed by atoms with Gasteiger partial charge in [-0.2, -0.15) is 0 Å². The van der Waals surface area contributed by atoms with Crippen LogP contribution >= 0.6 is 0 Å². The predicted octanol–water partition coefficient (Wildman–Crippen LogP) is 0.872. The first-order valence-electron chi connectivity index (χ1n) is 7.84. The van der Waals surface area contributed by atoms with Crippen molar-refractivity contribution < 1.29 is 9.53 Å². The Morgan fingerprint density at radius 1 is 1.19 bits per heavy atom. The van der Waals surface area contributed by atoms with E-state index in [9.17, 15) is 4.79 Å². The fourth-order valence-electron chi connectivity index (χ4n) is 3.53. The van der Waals surface area contributed by atoms with E-state index < -0.39 is 0 Å². The first kappa shape index (κ1) is 14.4. The molecule has 2 fully saturated rings. The molecule has 0 N–H and O–H groups in total. The summed E-state index contributed by atoms with van der Waals surface area (Å²) in [6, 6.07) is 0. The van der Waals surface area contributed by atoms with Crippen molar-refractivity contribution in [2.45, 2.75) is 45.1 Å². The number of rotatable bonds is 4. The molecule has 1 saturated heterocycles. The second-order valence-electron chi connectivity index (χ2n) is 6.24. The van der Waals surface area contributed by atoms with Crippen LogP contribution in [0.1, 0.15) is 38.5 Å². The number of nitrogens with zero attached hydrogens (tertiary/aromatic N) is 5. The van der Waals surface area contributed by atoms with Crippen LogP contribution in [0.3, 0.4) is 0 Å². The first-order chi connectivity index (χ1) is 10.3. The summed E-state index contributed by atoms with van der Waals surface area (Å²) in [5.41, 5.74) is 0.0169. The standard InChI is InChI=1S/C14H23N5O2/c20-13(18-6-8-21-9-7-18)10-14(4-2-1-3-5-14)11-19-12-15-16-17-19/h12H,1-11H2. The average Bonchev–Trinajstić information content (AvgIpc) is 3.01. The molecule has 116 valence electrons. The third kappa shape index (κ3) is 3.58. The van der Waals surface area contributed by atoms with Crippen molar-refractivity contribution in [3.63, 3.8) is 0 Å². The molecule has 1 aromatic heterocycles. The van der Waals surface area contributed by atoms with E-state index in [1.165, 1.54) is 19.3 Å². The molecule has 3 rings (SSSR count). The van der Waals surface area contributed by atoms with Crippen molar-refractivity contribution in [2.24, 2.45) is 5.41 Å². The van der Waals surface area contributed by atoms with Gasteiger partial charge in [0.15, 0.2) is 0 Å². The van der Waals surface area contributed by atoms with Gasteiger partial charge in [-0.05, 0) is 28.7 Å². The molecule has 0 bridgehead atoms. The molecule has 0 atom stereocenters. The molecule has 1 aliphatic heterocycles. The van der Waals surface area contributed by atoms with Gasteiger partial charge >= 0.3 is 0 Å². The van der Waals surface area contributed by atoms with E-state index in [2.05, 4.69) is 15.5 Å². The van der Waals surface area contributed by atoms with Crippen LogP contribution in [-0.2, 0) is 16.1 Å². The summed E-state index contributed by atoms with van der Waals surface area (Å²) in [6.45, 7) is 3.51. The van der Waals surface area contributed by atoms with Gasteiger partial charge in [-0.1, -0.05) is 19.3 Å². The molecule has 0 aromatic carbocycles. The highest BCUT2D eigenvalue weighted by molar-refractivity contribution is 5.77. The SMILES string of the molecule is O=C(CC1(Cn2cnnn2)CCCCC1)N1CCOCC1. The van der Waals surface area contributed by atoms with Gasteiger partial charge in [0.25, 0.3) is 0 Å². The van der Waals surface area contributed by atoms with Crippen LogP contribution in [0, 0.1) is 5.41 Å². The molecule has 0 spiro atoms. The summed E-state index contributed by atoms with van der Waals surface area (Å²) in [5, 5.41) is 11.4. The van der Waals surface area contributed by atoms with Crippen molar-refractivity contribution in [3.8, 4) is 0 Å². The number of aromatic nitrogens is 4. The van der Waals surface area contributed by atoms with Crippen LogP contribution in [0.15, 0.2) is 6.33 Å². The first-order valence-corrected chi connectivity index (χ1v) is 7.84. The van der Waals surface area contributed by atoms with Crippen molar-refractivity contribution in [1.82, 2.24) is 25.1 Å². The van der Waals surface area contributed by atoms with Gasteiger partial charge in [-0.3, -0.25) is 4.79 Å². The number of carbonyl (C=O) groups excluding carboxylic acids is 1. The molecular formula is C14H23N5O2. The summed E-state index contributed by atoms with van der Waals surface area (Å²) < 4.78 is 7.10. The number of hydrogen-bond acceptors (Lipinski definition) is 5. The lowest BCUT2D eigenvalue weighted by Crippen LogP contribution is -2.44. The van der Waals surface area contributed by atoms with Crippen LogP contribution in [0.4, 0.5) is 0 Å². The third-order valence-electron chi connectivity index (χ3n) is 4.69. The van der Waals surface area contributed by atoms with Gasteiger partial charge in [0.2, 0.25) is 5.91 Å². The molecule has 21 heavy (non-hydrogen) atoms. The highest BCUT2D eigenvalue weighted by Crippen LogP contribution is 2.41. The highest BCUT2D eigenvalue weighted by atomic mass is 16.5. The third-order valence-corrected chi connectivity index (χ3v) is 4.69. The number of carbonyl (C=O) groups is 1. The zero-order valence-corrected chi connectivity index (χ0v) is 12.4. The van der Waals surface area contributed by atoms with E-state index >= 15 is 0 Å². The Bertz CT molecular complexity index is 450. The van der Waals surface area contributed by atoms with Crippen molar-refractivity contribution in [3.05, 3.63) is 6.33 Å². The number of tetrazole rings is 1. The van der Waals surface area contributed by atoms with E-state index in [4.69, 9.17) is 4.74 Å². The Morgan fingerprint density at radius 2 is 1.95 bits per heavy atom. The molecule has 7 heteroatoms. The van der Waals surface area contributed by atoms with Gasteiger partial charge < -0.3 is 9.64 Å². The fraction of sp³-hybridized carbons (Fsp3) is 0.857. The second kappa shape index (κ2) is 6.51. The molecule has 0 radical (unpaired) electrons. The predicted molar refractivity (Wildman–Crippen MR) is 75.4 cm³/mol. The Labute approximate surface area is 124 Å². The minimum atomic E-state index is 0.0169. The number of amides is 1. The van der Waals surface area contributed by atoms with Crippen LogP contribution in [0.5, 0.6) is 0 Å². The molecule has 1 aromatic rings. The van der Waals surface area contributed by atoms with Gasteiger partial charge in [-0.15, -0.1) is 5.10 Å². The molecule has 1 amide bonds. The molecule has 2 aliphatic rings. The van der Waals surface area contributed by atoms with Gasteiger partial charge in [0.05, 0.1) is 19.8 Å². The van der Waals surface area contributed by atoms with Gasteiger partial charge in [0, 0.05) is 19.5 Å². The van der Waals surface area contributed by atoms with E-state index in [-0.39, 0.29) is 11.3 Å². The average molecular weight is 293 g/mol. The lowest BCUT2D eigenvalue weighted by molar-refractivity contribution is -0.138. The van der Waals surface area contributed by atoms with Crippen LogP contribution in [-0.4, -0.2) is 57.3 Å². The smallest absolute Gasteiger partial charge is 0.223 e. The summed E-state index contributed by atoms with van der Waals surface area (Å²) in [5.74, 6) is 0.258. The molecule has 0 unspecified atom stereocenters. The lowest BCUT2D eigenvalue weighted by atomic mass is 9.71. The molecule has 1 saturated carbocycles. The maximum atomic E-state index is 12.6. The van der Waals surface area contributed by atoms with Crippen molar-refractivity contribution in [1.29, 1.82) is 0 Å². The molecule has 2 heterocycles. The van der Waals surface area contributed by atoms with E-state index in [0.717, 1.165) is 32.5 Å². The summed E-state index contributed by atoms with van der Waals surface area (Å²) in [6.07, 6.45) is 8.08. The van der Waals surface area contributed by atoms with Crippen LogP contribution in [0.25, 0.3) is 0 Å². The minimum Gasteiger partial charge on any atom is -0.378 e. The van der Waals surface area contributed by atoms with Crippen LogP contribution < -0.4 is 0 Å². The summed E-state index contributed by atoms with van der Waals surface area (Å²) in [4.78, 5) is 14.6. The molecule has 7 nitrogen and oxygen atoms in total. The fourth-order valence-corrected chi connectivity index (χ4v) is 3.53. The van der Waals surface area contributed by atoms with E-state index in [1.807, 2.05) is 4.90 Å². The Hall–Kier alpha value is -1.50. The number of hydrogen-bond donors (Lipinski definition) is 0. The largest absolute Gasteiger partial charge is 0.378 e. The zero-order chi connectivity index (χ0) is 14.5. The minimum absolute atomic E-state index is 0.0169. The maximum absolute atomic E-state index is 12.6. The topological polar surface area (TPSA) is 73.1 Å². The van der Waals surface area contributed by atoms with E-state index in [0.29, 0.717) is 19.6 Å². The molecule has 1 aliphatic carbocycles. The maximum Gasteiger partial charge on any atom is 0.223 e. The quantitative estimate of drug-likeness (QED) is 0.823. The van der Waals surface area contributed by atoms with Crippen molar-refractivity contribution in [2.75, 3.05) is 26.3 Å². The summed E-state index contributed by atoms with van der Waals surface area (Å²) in [7, 11) is 0. The monoisotopic (exact) mass is 293 g/mol. The molecular weight excluding hydrogens is 270 g/mol. The normalized spacial score (nSPS) is 22.2. The van der Waals surface area contributed by atoms with Gasteiger partial charge in [0.1, 0.15) is 6.33 Å². The zero-order valence-electron chi connectivity index (χ0n) is 12.4. The van der Waals surface area contributed by atoms with E-state index in [1.54, 1.807) is 11.0 Å². The highest BCUT2D eigenvalue weighted by Gasteiger charge is 2.36. The Kier molecular flexibility index (Phi) is 4.48.